The SMILES string of the molecule is Cn1cc(S(=O)(=O)NCc2ccc(Cn3ccnc3)cc2)cc1C(N)=O. The van der Waals surface area contributed by atoms with Crippen LogP contribution in [-0.2, 0) is 30.2 Å². The van der Waals surface area contributed by atoms with Crippen LogP contribution < -0.4 is 10.5 Å². The number of carbonyl (C=O) groups is 1. The van der Waals surface area contributed by atoms with Crippen molar-refractivity contribution in [2.24, 2.45) is 12.8 Å². The van der Waals surface area contributed by atoms with Gasteiger partial charge in [-0.15, -0.1) is 0 Å². The summed E-state index contributed by atoms with van der Waals surface area (Å²) in [6.45, 7) is 0.848. The van der Waals surface area contributed by atoms with Crippen LogP contribution in [0.4, 0.5) is 0 Å². The van der Waals surface area contributed by atoms with Crippen molar-refractivity contribution >= 4 is 15.9 Å². The lowest BCUT2D eigenvalue weighted by molar-refractivity contribution is 0.0992. The van der Waals surface area contributed by atoms with Crippen molar-refractivity contribution in [3.05, 3.63) is 72.1 Å². The molecule has 0 fully saturated rings. The molecule has 9 heteroatoms. The van der Waals surface area contributed by atoms with Crippen LogP contribution in [0.1, 0.15) is 21.6 Å². The highest BCUT2D eigenvalue weighted by Crippen LogP contribution is 2.14. The Morgan fingerprint density at radius 2 is 1.92 bits per heavy atom. The number of rotatable bonds is 7. The zero-order valence-corrected chi connectivity index (χ0v) is 15.0. The van der Waals surface area contributed by atoms with Gasteiger partial charge in [-0.25, -0.2) is 18.1 Å². The smallest absolute Gasteiger partial charge is 0.265 e. The molecule has 1 amide bonds. The highest BCUT2D eigenvalue weighted by Gasteiger charge is 2.19. The van der Waals surface area contributed by atoms with Gasteiger partial charge in [-0.1, -0.05) is 24.3 Å². The second-order valence-electron chi connectivity index (χ2n) is 5.91. The van der Waals surface area contributed by atoms with E-state index in [1.54, 1.807) is 19.6 Å². The maximum atomic E-state index is 12.4. The molecule has 8 nitrogen and oxygen atoms in total. The van der Waals surface area contributed by atoms with Gasteiger partial charge < -0.3 is 14.9 Å². The zero-order valence-electron chi connectivity index (χ0n) is 14.2. The Hall–Kier alpha value is -2.91. The van der Waals surface area contributed by atoms with Gasteiger partial charge in [0.05, 0.1) is 6.33 Å². The lowest BCUT2D eigenvalue weighted by Gasteiger charge is -2.07. The molecule has 3 aromatic rings. The van der Waals surface area contributed by atoms with E-state index in [1.165, 1.54) is 16.8 Å². The van der Waals surface area contributed by atoms with Gasteiger partial charge in [0.15, 0.2) is 0 Å². The van der Waals surface area contributed by atoms with Crippen LogP contribution in [0.3, 0.4) is 0 Å². The van der Waals surface area contributed by atoms with E-state index in [1.807, 2.05) is 35.0 Å². The van der Waals surface area contributed by atoms with Gasteiger partial charge in [-0.2, -0.15) is 0 Å². The number of nitrogens with zero attached hydrogens (tertiary/aromatic N) is 3. The summed E-state index contributed by atoms with van der Waals surface area (Å²) in [4.78, 5) is 15.3. The molecule has 3 rings (SSSR count). The van der Waals surface area contributed by atoms with E-state index >= 15 is 0 Å². The Kier molecular flexibility index (Phi) is 4.92. The molecular formula is C17H19N5O3S. The van der Waals surface area contributed by atoms with Crippen molar-refractivity contribution < 1.29 is 13.2 Å². The van der Waals surface area contributed by atoms with E-state index < -0.39 is 15.9 Å². The number of sulfonamides is 1. The van der Waals surface area contributed by atoms with Crippen molar-refractivity contribution in [3.8, 4) is 0 Å². The van der Waals surface area contributed by atoms with Gasteiger partial charge in [0.25, 0.3) is 5.91 Å². The van der Waals surface area contributed by atoms with Crippen LogP contribution in [0, 0.1) is 0 Å². The summed E-state index contributed by atoms with van der Waals surface area (Å²) in [6.07, 6.45) is 6.69. The molecule has 26 heavy (non-hydrogen) atoms. The summed E-state index contributed by atoms with van der Waals surface area (Å²) in [6, 6.07) is 8.89. The van der Waals surface area contributed by atoms with Crippen molar-refractivity contribution in [3.63, 3.8) is 0 Å². The molecule has 0 spiro atoms. The number of hydrogen-bond acceptors (Lipinski definition) is 4. The Morgan fingerprint density at radius 1 is 1.23 bits per heavy atom. The third-order valence-corrected chi connectivity index (χ3v) is 5.32. The average molecular weight is 373 g/mol. The summed E-state index contributed by atoms with van der Waals surface area (Å²) < 4.78 is 30.6. The van der Waals surface area contributed by atoms with Crippen molar-refractivity contribution in [1.29, 1.82) is 0 Å². The molecule has 0 atom stereocenters. The van der Waals surface area contributed by atoms with Crippen LogP contribution in [0.2, 0.25) is 0 Å². The van der Waals surface area contributed by atoms with Gasteiger partial charge >= 0.3 is 0 Å². The number of amides is 1. The molecule has 0 saturated heterocycles. The first-order valence-corrected chi connectivity index (χ1v) is 9.33. The predicted molar refractivity (Wildman–Crippen MR) is 95.7 cm³/mol. The number of hydrogen-bond donors (Lipinski definition) is 2. The van der Waals surface area contributed by atoms with Crippen LogP contribution in [0.25, 0.3) is 0 Å². The normalized spacial score (nSPS) is 11.6. The van der Waals surface area contributed by atoms with Gasteiger partial charge in [0.2, 0.25) is 10.0 Å². The van der Waals surface area contributed by atoms with Crippen molar-refractivity contribution in [1.82, 2.24) is 18.8 Å². The third kappa shape index (κ3) is 4.01. The van der Waals surface area contributed by atoms with Gasteiger partial charge in [-0.05, 0) is 17.2 Å². The van der Waals surface area contributed by atoms with Gasteiger partial charge in [0.1, 0.15) is 10.6 Å². The van der Waals surface area contributed by atoms with Crippen LogP contribution in [0.15, 0.2) is 60.1 Å². The zero-order chi connectivity index (χ0) is 18.7. The van der Waals surface area contributed by atoms with Crippen molar-refractivity contribution in [2.75, 3.05) is 0 Å². The molecule has 1 aromatic carbocycles. The number of nitrogens with one attached hydrogen (secondary N) is 1. The fourth-order valence-electron chi connectivity index (χ4n) is 2.54. The number of aromatic nitrogens is 3. The number of aryl methyl sites for hydroxylation is 1. The number of imidazole rings is 1. The fraction of sp³-hybridized carbons (Fsp3) is 0.176. The Balaban J connectivity index is 1.66. The van der Waals surface area contributed by atoms with E-state index in [9.17, 15) is 13.2 Å². The van der Waals surface area contributed by atoms with Gasteiger partial charge in [-0.3, -0.25) is 4.79 Å². The highest BCUT2D eigenvalue weighted by atomic mass is 32.2. The summed E-state index contributed by atoms with van der Waals surface area (Å²) in [5.74, 6) is -0.678. The Morgan fingerprint density at radius 3 is 2.50 bits per heavy atom. The molecule has 0 aliphatic carbocycles. The number of carbonyl (C=O) groups excluding carboxylic acids is 1. The number of benzene rings is 1. The van der Waals surface area contributed by atoms with Crippen molar-refractivity contribution in [2.45, 2.75) is 18.0 Å². The van der Waals surface area contributed by atoms with Gasteiger partial charge in [0, 0.05) is 38.7 Å². The van der Waals surface area contributed by atoms with E-state index in [0.717, 1.165) is 11.1 Å². The fourth-order valence-corrected chi connectivity index (χ4v) is 3.63. The summed E-state index contributed by atoms with van der Waals surface area (Å²) in [7, 11) is -2.17. The second-order valence-corrected chi connectivity index (χ2v) is 7.68. The first-order valence-electron chi connectivity index (χ1n) is 7.84. The predicted octanol–water partition coefficient (Wildman–Crippen LogP) is 0.847. The second kappa shape index (κ2) is 7.14. The molecule has 0 radical (unpaired) electrons. The summed E-state index contributed by atoms with van der Waals surface area (Å²) in [5.41, 5.74) is 7.27. The monoisotopic (exact) mass is 373 g/mol. The topological polar surface area (TPSA) is 112 Å². The molecule has 0 bridgehead atoms. The summed E-state index contributed by atoms with van der Waals surface area (Å²) in [5, 5.41) is 0. The molecule has 0 aliphatic heterocycles. The van der Waals surface area contributed by atoms with Crippen LogP contribution >= 0.6 is 0 Å². The Labute approximate surface area is 151 Å². The minimum atomic E-state index is -3.74. The maximum absolute atomic E-state index is 12.4. The lowest BCUT2D eigenvalue weighted by Crippen LogP contribution is -2.23. The standard InChI is InChI=1S/C17H19N5O3S/c1-21-11-15(8-16(21)17(18)23)26(24,25)20-9-13-2-4-14(5-3-13)10-22-7-6-19-12-22/h2-8,11-12,20H,9-10H2,1H3,(H2,18,23). The lowest BCUT2D eigenvalue weighted by atomic mass is 10.1. The van der Waals surface area contributed by atoms with E-state index in [2.05, 4.69) is 9.71 Å². The minimum Gasteiger partial charge on any atom is -0.364 e. The first-order chi connectivity index (χ1) is 12.3. The third-order valence-electron chi connectivity index (χ3n) is 3.96. The molecule has 0 unspecified atom stereocenters. The van der Waals surface area contributed by atoms with E-state index in [-0.39, 0.29) is 17.1 Å². The average Bonchev–Trinajstić information content (AvgIpc) is 3.24. The van der Waals surface area contributed by atoms with Crippen LogP contribution in [-0.4, -0.2) is 28.4 Å². The largest absolute Gasteiger partial charge is 0.364 e. The highest BCUT2D eigenvalue weighted by molar-refractivity contribution is 7.89. The molecular weight excluding hydrogens is 354 g/mol. The molecule has 3 N–H and O–H groups in total. The summed E-state index contributed by atoms with van der Waals surface area (Å²) >= 11 is 0. The van der Waals surface area contributed by atoms with E-state index in [0.29, 0.717) is 6.54 Å². The number of primary amides is 1. The maximum Gasteiger partial charge on any atom is 0.265 e. The first kappa shape index (κ1) is 17.9. The minimum absolute atomic E-state index is 0.00512. The molecule has 136 valence electrons. The van der Waals surface area contributed by atoms with E-state index in [4.69, 9.17) is 5.73 Å². The molecule has 2 heterocycles. The molecule has 0 aliphatic rings. The Bertz CT molecular complexity index is 1010. The molecule has 0 saturated carbocycles. The number of nitrogens with two attached hydrogens (primary N) is 1. The van der Waals surface area contributed by atoms with Crippen LogP contribution in [0.5, 0.6) is 0 Å². The molecule has 2 aromatic heterocycles. The quantitative estimate of drug-likeness (QED) is 0.639.